The number of hydrogen-bond donors (Lipinski definition) is 1. The van der Waals surface area contributed by atoms with Crippen LogP contribution in [0.25, 0.3) is 22.8 Å². The standard InChI is InChI=1S/C24H20FN3O4/c1-15-7-9-16(10-8-15)24-27-23(28-32-24)17-11-12-20(21(13-17)30-2)31-14-22(29)26-19-6-4-3-5-18(19)25/h3-13H,14H2,1-2H3,(H,26,29). The van der Waals surface area contributed by atoms with Crippen LogP contribution in [0.1, 0.15) is 5.56 Å². The van der Waals surface area contributed by atoms with Crippen molar-refractivity contribution in [3.05, 3.63) is 78.1 Å². The van der Waals surface area contributed by atoms with E-state index in [1.165, 1.54) is 19.2 Å². The van der Waals surface area contributed by atoms with Crippen molar-refractivity contribution in [3.63, 3.8) is 0 Å². The monoisotopic (exact) mass is 433 g/mol. The molecule has 0 aliphatic heterocycles. The summed E-state index contributed by atoms with van der Waals surface area (Å²) in [4.78, 5) is 16.5. The Morgan fingerprint density at radius 3 is 2.53 bits per heavy atom. The van der Waals surface area contributed by atoms with Gasteiger partial charge in [0, 0.05) is 11.1 Å². The third-order valence-electron chi connectivity index (χ3n) is 4.65. The predicted octanol–water partition coefficient (Wildman–Crippen LogP) is 4.88. The van der Waals surface area contributed by atoms with Gasteiger partial charge in [-0.25, -0.2) is 4.39 Å². The van der Waals surface area contributed by atoms with Crippen LogP contribution < -0.4 is 14.8 Å². The van der Waals surface area contributed by atoms with Gasteiger partial charge in [0.1, 0.15) is 5.82 Å². The molecule has 8 heteroatoms. The van der Waals surface area contributed by atoms with Gasteiger partial charge < -0.3 is 19.3 Å². The van der Waals surface area contributed by atoms with Gasteiger partial charge in [0.05, 0.1) is 12.8 Å². The summed E-state index contributed by atoms with van der Waals surface area (Å²) >= 11 is 0. The van der Waals surface area contributed by atoms with Crippen molar-refractivity contribution in [1.82, 2.24) is 10.1 Å². The molecule has 32 heavy (non-hydrogen) atoms. The molecule has 4 aromatic rings. The van der Waals surface area contributed by atoms with Crippen LogP contribution in [0.15, 0.2) is 71.3 Å². The molecule has 0 spiro atoms. The van der Waals surface area contributed by atoms with Gasteiger partial charge in [-0.15, -0.1) is 0 Å². The van der Waals surface area contributed by atoms with Gasteiger partial charge in [0.25, 0.3) is 11.8 Å². The summed E-state index contributed by atoms with van der Waals surface area (Å²) in [5, 5.41) is 6.50. The molecule has 3 aromatic carbocycles. The predicted molar refractivity (Wildman–Crippen MR) is 117 cm³/mol. The summed E-state index contributed by atoms with van der Waals surface area (Å²) in [5.41, 5.74) is 2.70. The van der Waals surface area contributed by atoms with E-state index in [9.17, 15) is 9.18 Å². The fourth-order valence-electron chi connectivity index (χ4n) is 2.97. The number of benzene rings is 3. The van der Waals surface area contributed by atoms with E-state index in [4.69, 9.17) is 14.0 Å². The molecule has 0 atom stereocenters. The number of methoxy groups -OCH3 is 1. The van der Waals surface area contributed by atoms with Gasteiger partial charge in [-0.1, -0.05) is 35.0 Å². The number of anilines is 1. The van der Waals surface area contributed by atoms with Crippen molar-refractivity contribution >= 4 is 11.6 Å². The Morgan fingerprint density at radius 1 is 1.03 bits per heavy atom. The molecular weight excluding hydrogens is 413 g/mol. The number of nitrogens with zero attached hydrogens (tertiary/aromatic N) is 2. The minimum atomic E-state index is -0.520. The van der Waals surface area contributed by atoms with Crippen molar-refractivity contribution in [2.45, 2.75) is 6.92 Å². The van der Waals surface area contributed by atoms with E-state index in [0.29, 0.717) is 28.8 Å². The van der Waals surface area contributed by atoms with Gasteiger partial charge in [0.15, 0.2) is 18.1 Å². The molecule has 0 fully saturated rings. The van der Waals surface area contributed by atoms with Crippen molar-refractivity contribution < 1.29 is 23.2 Å². The van der Waals surface area contributed by atoms with Crippen LogP contribution >= 0.6 is 0 Å². The highest BCUT2D eigenvalue weighted by molar-refractivity contribution is 5.92. The van der Waals surface area contributed by atoms with Crippen LogP contribution in [0.3, 0.4) is 0 Å². The minimum Gasteiger partial charge on any atom is -0.493 e. The summed E-state index contributed by atoms with van der Waals surface area (Å²) in [7, 11) is 1.49. The molecule has 0 aliphatic rings. The van der Waals surface area contributed by atoms with E-state index in [1.54, 1.807) is 30.3 Å². The van der Waals surface area contributed by atoms with Gasteiger partial charge in [-0.2, -0.15) is 4.98 Å². The topological polar surface area (TPSA) is 86.5 Å². The molecule has 0 radical (unpaired) electrons. The highest BCUT2D eigenvalue weighted by Crippen LogP contribution is 2.32. The smallest absolute Gasteiger partial charge is 0.262 e. The quantitative estimate of drug-likeness (QED) is 0.447. The van der Waals surface area contributed by atoms with E-state index in [0.717, 1.165) is 11.1 Å². The molecule has 1 heterocycles. The van der Waals surface area contributed by atoms with Crippen LogP contribution in [-0.4, -0.2) is 29.8 Å². The average Bonchev–Trinajstić information content (AvgIpc) is 3.30. The Kier molecular flexibility index (Phi) is 6.12. The molecule has 0 bridgehead atoms. The second kappa shape index (κ2) is 9.30. The van der Waals surface area contributed by atoms with Crippen LogP contribution in [0.5, 0.6) is 11.5 Å². The summed E-state index contributed by atoms with van der Waals surface area (Å²) < 4.78 is 30.0. The Balaban J connectivity index is 1.45. The zero-order valence-electron chi connectivity index (χ0n) is 17.5. The van der Waals surface area contributed by atoms with Crippen molar-refractivity contribution in [2.75, 3.05) is 19.0 Å². The third kappa shape index (κ3) is 4.75. The molecule has 0 saturated carbocycles. The van der Waals surface area contributed by atoms with E-state index in [1.807, 2.05) is 31.2 Å². The number of hydrogen-bond acceptors (Lipinski definition) is 6. The molecule has 162 valence electrons. The highest BCUT2D eigenvalue weighted by Gasteiger charge is 2.15. The number of carbonyl (C=O) groups excluding carboxylic acids is 1. The first-order valence-electron chi connectivity index (χ1n) is 9.80. The van der Waals surface area contributed by atoms with E-state index in [2.05, 4.69) is 15.5 Å². The number of aryl methyl sites for hydroxylation is 1. The second-order valence-corrected chi connectivity index (χ2v) is 6.97. The second-order valence-electron chi connectivity index (χ2n) is 6.97. The SMILES string of the molecule is COc1cc(-c2noc(-c3ccc(C)cc3)n2)ccc1OCC(=O)Nc1ccccc1F. The van der Waals surface area contributed by atoms with Crippen molar-refractivity contribution in [3.8, 4) is 34.3 Å². The number of para-hydroxylation sites is 1. The zero-order chi connectivity index (χ0) is 22.5. The first-order chi connectivity index (χ1) is 15.5. The van der Waals surface area contributed by atoms with E-state index < -0.39 is 11.7 Å². The molecule has 0 saturated heterocycles. The highest BCUT2D eigenvalue weighted by atomic mass is 19.1. The fraction of sp³-hybridized carbons (Fsp3) is 0.125. The largest absolute Gasteiger partial charge is 0.493 e. The van der Waals surface area contributed by atoms with E-state index >= 15 is 0 Å². The molecule has 7 nitrogen and oxygen atoms in total. The molecule has 0 unspecified atom stereocenters. The summed E-state index contributed by atoms with van der Waals surface area (Å²) in [5.74, 6) is 0.520. The summed E-state index contributed by atoms with van der Waals surface area (Å²) in [6, 6.07) is 18.7. The first kappa shape index (κ1) is 21.0. The molecule has 1 aromatic heterocycles. The molecule has 1 N–H and O–H groups in total. The fourth-order valence-corrected chi connectivity index (χ4v) is 2.97. The van der Waals surface area contributed by atoms with E-state index in [-0.39, 0.29) is 12.3 Å². The lowest BCUT2D eigenvalue weighted by Gasteiger charge is -2.12. The zero-order valence-corrected chi connectivity index (χ0v) is 17.5. The lowest BCUT2D eigenvalue weighted by Crippen LogP contribution is -2.20. The Hall–Kier alpha value is -4.20. The first-order valence-corrected chi connectivity index (χ1v) is 9.80. The van der Waals surface area contributed by atoms with Crippen molar-refractivity contribution in [1.29, 1.82) is 0 Å². The maximum Gasteiger partial charge on any atom is 0.262 e. The lowest BCUT2D eigenvalue weighted by molar-refractivity contribution is -0.118. The maximum atomic E-state index is 13.7. The molecule has 4 rings (SSSR count). The van der Waals surface area contributed by atoms with Crippen LogP contribution in [0.2, 0.25) is 0 Å². The van der Waals surface area contributed by atoms with Gasteiger partial charge >= 0.3 is 0 Å². The van der Waals surface area contributed by atoms with Gasteiger partial charge in [0.2, 0.25) is 5.82 Å². The van der Waals surface area contributed by atoms with Crippen LogP contribution in [0, 0.1) is 12.7 Å². The van der Waals surface area contributed by atoms with Crippen LogP contribution in [0.4, 0.5) is 10.1 Å². The number of rotatable bonds is 7. The number of carbonyl (C=O) groups is 1. The number of amides is 1. The van der Waals surface area contributed by atoms with Gasteiger partial charge in [-0.3, -0.25) is 4.79 Å². The number of halogens is 1. The lowest BCUT2D eigenvalue weighted by atomic mass is 10.1. The molecular formula is C24H20FN3O4. The molecule has 0 aliphatic carbocycles. The van der Waals surface area contributed by atoms with Gasteiger partial charge in [-0.05, 0) is 49.4 Å². The Bertz CT molecular complexity index is 1240. The third-order valence-corrected chi connectivity index (χ3v) is 4.65. The number of nitrogens with one attached hydrogen (secondary N) is 1. The van der Waals surface area contributed by atoms with Crippen molar-refractivity contribution in [2.24, 2.45) is 0 Å². The Labute approximate surface area is 183 Å². The Morgan fingerprint density at radius 2 is 1.78 bits per heavy atom. The average molecular weight is 433 g/mol. The number of aromatic nitrogens is 2. The summed E-state index contributed by atoms with van der Waals surface area (Å²) in [6.07, 6.45) is 0. The minimum absolute atomic E-state index is 0.0879. The van der Waals surface area contributed by atoms with Crippen LogP contribution in [-0.2, 0) is 4.79 Å². The maximum absolute atomic E-state index is 13.7. The summed E-state index contributed by atoms with van der Waals surface area (Å²) in [6.45, 7) is 1.69. The number of ether oxygens (including phenoxy) is 2. The normalized spacial score (nSPS) is 10.6. The molecule has 1 amide bonds.